The Morgan fingerprint density at radius 3 is 2.63 bits per heavy atom. The Bertz CT molecular complexity index is 451. The van der Waals surface area contributed by atoms with E-state index in [1.807, 2.05) is 13.8 Å². The highest BCUT2D eigenvalue weighted by Crippen LogP contribution is 2.24. The second kappa shape index (κ2) is 6.58. The number of hydrogen-bond donors (Lipinski definition) is 3. The fourth-order valence-electron chi connectivity index (χ4n) is 1.66. The van der Waals surface area contributed by atoms with Crippen LogP contribution in [-0.4, -0.2) is 29.2 Å². The predicted molar refractivity (Wildman–Crippen MR) is 74.5 cm³/mol. The van der Waals surface area contributed by atoms with Crippen LogP contribution in [0.25, 0.3) is 0 Å². The summed E-state index contributed by atoms with van der Waals surface area (Å²) in [7, 11) is 0. The average Bonchev–Trinajstić information content (AvgIpc) is 2.38. The van der Waals surface area contributed by atoms with Crippen LogP contribution in [0.5, 0.6) is 5.75 Å². The van der Waals surface area contributed by atoms with Crippen molar-refractivity contribution in [1.82, 2.24) is 0 Å². The number of ether oxygens (including phenoxy) is 1. The van der Waals surface area contributed by atoms with Crippen molar-refractivity contribution in [2.45, 2.75) is 32.6 Å². The molecule has 0 saturated heterocycles. The summed E-state index contributed by atoms with van der Waals surface area (Å²) in [5.41, 5.74) is 5.99. The average molecular weight is 263 g/mol. The van der Waals surface area contributed by atoms with E-state index < -0.39 is 17.7 Å². The number of nitrogens with two attached hydrogens (primary N) is 1. The SMILES string of the molecule is C#Cc1ccccc1OC(N)C(O)CC(C)(C)CO. The van der Waals surface area contributed by atoms with Crippen LogP contribution in [0, 0.1) is 17.8 Å². The molecule has 19 heavy (non-hydrogen) atoms. The maximum absolute atomic E-state index is 10.00. The third kappa shape index (κ3) is 4.56. The van der Waals surface area contributed by atoms with Crippen molar-refractivity contribution in [3.8, 4) is 18.1 Å². The number of hydrogen-bond acceptors (Lipinski definition) is 4. The molecule has 104 valence electrons. The minimum atomic E-state index is -0.889. The number of benzene rings is 1. The Balaban J connectivity index is 2.69. The first-order valence-electron chi connectivity index (χ1n) is 6.16. The molecule has 4 nitrogen and oxygen atoms in total. The number of para-hydroxylation sites is 1. The van der Waals surface area contributed by atoms with Crippen molar-refractivity contribution in [3.05, 3.63) is 29.8 Å². The molecule has 1 rings (SSSR count). The van der Waals surface area contributed by atoms with Crippen molar-refractivity contribution in [2.24, 2.45) is 11.1 Å². The Labute approximate surface area is 114 Å². The molecule has 0 saturated carbocycles. The molecular formula is C15H21NO3. The van der Waals surface area contributed by atoms with Crippen molar-refractivity contribution >= 4 is 0 Å². The highest BCUT2D eigenvalue weighted by molar-refractivity contribution is 5.44. The van der Waals surface area contributed by atoms with Gasteiger partial charge in [-0.2, -0.15) is 0 Å². The van der Waals surface area contributed by atoms with E-state index in [4.69, 9.17) is 16.9 Å². The zero-order chi connectivity index (χ0) is 14.5. The molecule has 0 aliphatic carbocycles. The largest absolute Gasteiger partial charge is 0.471 e. The van der Waals surface area contributed by atoms with E-state index in [-0.39, 0.29) is 6.61 Å². The maximum atomic E-state index is 10.00. The van der Waals surface area contributed by atoms with Gasteiger partial charge in [0.1, 0.15) is 11.9 Å². The van der Waals surface area contributed by atoms with E-state index in [1.54, 1.807) is 24.3 Å². The fraction of sp³-hybridized carbons (Fsp3) is 0.467. The van der Waals surface area contributed by atoms with Gasteiger partial charge < -0.3 is 14.9 Å². The molecule has 2 unspecified atom stereocenters. The molecule has 0 bridgehead atoms. The molecule has 0 heterocycles. The van der Waals surface area contributed by atoms with Gasteiger partial charge in [0, 0.05) is 6.61 Å². The number of aliphatic hydroxyl groups is 2. The Kier molecular flexibility index (Phi) is 5.37. The lowest BCUT2D eigenvalue weighted by molar-refractivity contribution is -0.00146. The summed E-state index contributed by atoms with van der Waals surface area (Å²) < 4.78 is 5.49. The van der Waals surface area contributed by atoms with Gasteiger partial charge in [-0.05, 0) is 24.0 Å². The van der Waals surface area contributed by atoms with Crippen LogP contribution in [0.1, 0.15) is 25.8 Å². The number of rotatable bonds is 6. The Morgan fingerprint density at radius 1 is 1.42 bits per heavy atom. The second-order valence-corrected chi connectivity index (χ2v) is 5.32. The standard InChI is InChI=1S/C15H21NO3/c1-4-11-7-5-6-8-13(11)19-14(16)12(18)9-15(2,3)10-17/h1,5-8,12,14,17-18H,9-10,16H2,2-3H3. The van der Waals surface area contributed by atoms with E-state index in [9.17, 15) is 10.2 Å². The third-order valence-corrected chi connectivity index (χ3v) is 2.87. The van der Waals surface area contributed by atoms with Crippen LogP contribution in [-0.2, 0) is 0 Å². The van der Waals surface area contributed by atoms with E-state index in [0.717, 1.165) is 0 Å². The lowest BCUT2D eigenvalue weighted by Gasteiger charge is -2.28. The Hall–Kier alpha value is -1.54. The molecule has 0 aliphatic rings. The van der Waals surface area contributed by atoms with E-state index in [1.165, 1.54) is 0 Å². The summed E-state index contributed by atoms with van der Waals surface area (Å²) in [6, 6.07) is 7.04. The molecule has 0 spiro atoms. The molecule has 4 N–H and O–H groups in total. The zero-order valence-corrected chi connectivity index (χ0v) is 11.3. The van der Waals surface area contributed by atoms with Crippen molar-refractivity contribution in [3.63, 3.8) is 0 Å². The molecule has 1 aromatic rings. The third-order valence-electron chi connectivity index (χ3n) is 2.87. The van der Waals surface area contributed by atoms with Gasteiger partial charge in [-0.25, -0.2) is 0 Å². The van der Waals surface area contributed by atoms with Gasteiger partial charge in [0.05, 0.1) is 5.56 Å². The molecule has 0 aromatic heterocycles. The number of aliphatic hydroxyl groups excluding tert-OH is 2. The Morgan fingerprint density at radius 2 is 2.05 bits per heavy atom. The normalized spacial score (nSPS) is 14.5. The first-order valence-corrected chi connectivity index (χ1v) is 6.16. The van der Waals surface area contributed by atoms with Crippen LogP contribution in [0.4, 0.5) is 0 Å². The van der Waals surface area contributed by atoms with Crippen LogP contribution in [0.15, 0.2) is 24.3 Å². The molecule has 0 fully saturated rings. The van der Waals surface area contributed by atoms with Crippen LogP contribution < -0.4 is 10.5 Å². The lowest BCUT2D eigenvalue weighted by atomic mass is 9.87. The van der Waals surface area contributed by atoms with Gasteiger partial charge in [-0.3, -0.25) is 5.73 Å². The topological polar surface area (TPSA) is 75.7 Å². The maximum Gasteiger partial charge on any atom is 0.173 e. The van der Waals surface area contributed by atoms with Crippen LogP contribution >= 0.6 is 0 Å². The van der Waals surface area contributed by atoms with Crippen molar-refractivity contribution in [2.75, 3.05) is 6.61 Å². The molecule has 0 amide bonds. The summed E-state index contributed by atoms with van der Waals surface area (Å²) in [6.07, 6.45) is 3.93. The smallest absolute Gasteiger partial charge is 0.173 e. The molecule has 4 heteroatoms. The number of terminal acetylenes is 1. The van der Waals surface area contributed by atoms with E-state index >= 15 is 0 Å². The predicted octanol–water partition coefficient (Wildman–Crippen LogP) is 1.10. The first-order chi connectivity index (χ1) is 8.89. The van der Waals surface area contributed by atoms with Crippen molar-refractivity contribution in [1.29, 1.82) is 0 Å². The minimum absolute atomic E-state index is 0.0300. The van der Waals surface area contributed by atoms with Gasteiger partial charge in [-0.15, -0.1) is 6.42 Å². The monoisotopic (exact) mass is 263 g/mol. The summed E-state index contributed by atoms with van der Waals surface area (Å²) in [5.74, 6) is 2.97. The molecule has 1 aromatic carbocycles. The quantitative estimate of drug-likeness (QED) is 0.530. The highest BCUT2D eigenvalue weighted by Gasteiger charge is 2.26. The first kappa shape index (κ1) is 15.5. The second-order valence-electron chi connectivity index (χ2n) is 5.32. The van der Waals surface area contributed by atoms with Crippen LogP contribution in [0.3, 0.4) is 0 Å². The zero-order valence-electron chi connectivity index (χ0n) is 11.3. The molecule has 2 atom stereocenters. The summed E-state index contributed by atoms with van der Waals surface area (Å²) >= 11 is 0. The summed E-state index contributed by atoms with van der Waals surface area (Å²) in [4.78, 5) is 0. The van der Waals surface area contributed by atoms with Gasteiger partial charge in [0.2, 0.25) is 0 Å². The summed E-state index contributed by atoms with van der Waals surface area (Å²) in [6.45, 7) is 3.66. The van der Waals surface area contributed by atoms with Gasteiger partial charge in [-0.1, -0.05) is 31.9 Å². The van der Waals surface area contributed by atoms with Gasteiger partial charge in [0.15, 0.2) is 6.23 Å². The molecular weight excluding hydrogens is 242 g/mol. The van der Waals surface area contributed by atoms with Gasteiger partial charge in [0.25, 0.3) is 0 Å². The van der Waals surface area contributed by atoms with Gasteiger partial charge >= 0.3 is 0 Å². The highest BCUT2D eigenvalue weighted by atomic mass is 16.5. The lowest BCUT2D eigenvalue weighted by Crippen LogP contribution is -2.42. The molecule has 0 aliphatic heterocycles. The minimum Gasteiger partial charge on any atom is -0.471 e. The van der Waals surface area contributed by atoms with Crippen molar-refractivity contribution < 1.29 is 14.9 Å². The van der Waals surface area contributed by atoms with E-state index in [0.29, 0.717) is 17.7 Å². The van der Waals surface area contributed by atoms with Crippen LogP contribution in [0.2, 0.25) is 0 Å². The summed E-state index contributed by atoms with van der Waals surface area (Å²) in [5, 5.41) is 19.2. The fourth-order valence-corrected chi connectivity index (χ4v) is 1.66. The molecule has 0 radical (unpaired) electrons. The van der Waals surface area contributed by atoms with E-state index in [2.05, 4.69) is 5.92 Å².